The maximum atomic E-state index is 14.0. The van der Waals surface area contributed by atoms with Crippen LogP contribution in [-0.2, 0) is 0 Å². The molecule has 0 aromatic heterocycles. The van der Waals surface area contributed by atoms with Gasteiger partial charge in [-0.25, -0.2) is 4.39 Å². The van der Waals surface area contributed by atoms with Gasteiger partial charge < -0.3 is 15.2 Å². The molecule has 0 saturated heterocycles. The molecular formula is C10H11BrFNO2. The molecule has 3 nitrogen and oxygen atoms in total. The van der Waals surface area contributed by atoms with Crippen molar-refractivity contribution in [3.8, 4) is 11.5 Å². The predicted octanol–water partition coefficient (Wildman–Crippen LogP) is 2.38. The molecule has 0 aliphatic carbocycles. The summed E-state index contributed by atoms with van der Waals surface area (Å²) in [6, 6.07) is 1.30. The summed E-state index contributed by atoms with van der Waals surface area (Å²) in [4.78, 5) is 0. The zero-order valence-corrected chi connectivity index (χ0v) is 9.80. The molecule has 82 valence electrons. The van der Waals surface area contributed by atoms with Gasteiger partial charge in [0.05, 0.1) is 0 Å². The van der Waals surface area contributed by atoms with E-state index < -0.39 is 11.9 Å². The first-order chi connectivity index (χ1) is 7.11. The number of hydrogen-bond acceptors (Lipinski definition) is 3. The Bertz CT molecular complexity index is 395. The van der Waals surface area contributed by atoms with Gasteiger partial charge in [-0.3, -0.25) is 0 Å². The van der Waals surface area contributed by atoms with Crippen molar-refractivity contribution in [2.24, 2.45) is 5.73 Å². The van der Waals surface area contributed by atoms with Crippen LogP contribution >= 0.6 is 15.9 Å². The summed E-state index contributed by atoms with van der Waals surface area (Å²) < 4.78 is 25.1. The number of ether oxygens (including phenoxy) is 2. The second-order valence-electron chi connectivity index (χ2n) is 3.40. The van der Waals surface area contributed by atoms with E-state index in [1.807, 2.05) is 0 Å². The third kappa shape index (κ3) is 1.81. The fraction of sp³-hybridized carbons (Fsp3) is 0.400. The highest BCUT2D eigenvalue weighted by Gasteiger charge is 2.23. The molecule has 1 aromatic rings. The van der Waals surface area contributed by atoms with E-state index in [0.29, 0.717) is 29.0 Å². The molecule has 1 heterocycles. The lowest BCUT2D eigenvalue weighted by Crippen LogP contribution is -2.18. The standard InChI is InChI=1S/C10H11BrFNO2/c1-5(13)8-6(11)4-7-10(9(8)12)15-3-2-14-7/h4-5H,2-3,13H2,1H3. The summed E-state index contributed by atoms with van der Waals surface area (Å²) >= 11 is 3.27. The summed E-state index contributed by atoms with van der Waals surface area (Å²) in [7, 11) is 0. The van der Waals surface area contributed by atoms with Crippen LogP contribution in [0.2, 0.25) is 0 Å². The lowest BCUT2D eigenvalue weighted by molar-refractivity contribution is 0.163. The quantitative estimate of drug-likeness (QED) is 0.856. The van der Waals surface area contributed by atoms with E-state index in [-0.39, 0.29) is 5.75 Å². The topological polar surface area (TPSA) is 44.5 Å². The average molecular weight is 276 g/mol. The molecule has 0 bridgehead atoms. The van der Waals surface area contributed by atoms with Crippen molar-refractivity contribution in [1.82, 2.24) is 0 Å². The number of nitrogens with two attached hydrogens (primary N) is 1. The van der Waals surface area contributed by atoms with Crippen LogP contribution in [0.3, 0.4) is 0 Å². The molecule has 1 aliphatic rings. The molecule has 1 atom stereocenters. The van der Waals surface area contributed by atoms with Crippen molar-refractivity contribution in [2.75, 3.05) is 13.2 Å². The minimum Gasteiger partial charge on any atom is -0.486 e. The maximum Gasteiger partial charge on any atom is 0.197 e. The normalized spacial score (nSPS) is 16.3. The van der Waals surface area contributed by atoms with Crippen LogP contribution in [0.15, 0.2) is 10.5 Å². The lowest BCUT2D eigenvalue weighted by Gasteiger charge is -2.22. The largest absolute Gasteiger partial charge is 0.486 e. The first kappa shape index (κ1) is 10.7. The predicted molar refractivity (Wildman–Crippen MR) is 57.7 cm³/mol. The van der Waals surface area contributed by atoms with Crippen molar-refractivity contribution in [3.63, 3.8) is 0 Å². The van der Waals surface area contributed by atoms with Crippen LogP contribution in [0.1, 0.15) is 18.5 Å². The number of fused-ring (bicyclic) bond motifs is 1. The van der Waals surface area contributed by atoms with Gasteiger partial charge in [-0.1, -0.05) is 15.9 Å². The lowest BCUT2D eigenvalue weighted by atomic mass is 10.1. The van der Waals surface area contributed by atoms with E-state index in [1.165, 1.54) is 0 Å². The number of rotatable bonds is 1. The number of halogens is 2. The highest BCUT2D eigenvalue weighted by atomic mass is 79.9. The van der Waals surface area contributed by atoms with E-state index in [2.05, 4.69) is 15.9 Å². The zero-order valence-electron chi connectivity index (χ0n) is 8.22. The van der Waals surface area contributed by atoms with Gasteiger partial charge in [-0.15, -0.1) is 0 Å². The van der Waals surface area contributed by atoms with Gasteiger partial charge in [-0.05, 0) is 13.0 Å². The first-order valence-electron chi connectivity index (χ1n) is 4.64. The third-order valence-corrected chi connectivity index (χ3v) is 2.87. The summed E-state index contributed by atoms with van der Waals surface area (Å²) in [6.07, 6.45) is 0. The van der Waals surface area contributed by atoms with Gasteiger partial charge >= 0.3 is 0 Å². The van der Waals surface area contributed by atoms with E-state index >= 15 is 0 Å². The van der Waals surface area contributed by atoms with Crippen LogP contribution in [0.4, 0.5) is 4.39 Å². The molecule has 0 saturated carbocycles. The Hall–Kier alpha value is -0.810. The summed E-state index contributed by atoms with van der Waals surface area (Å²) in [6.45, 7) is 2.53. The Balaban J connectivity index is 2.59. The smallest absolute Gasteiger partial charge is 0.197 e. The van der Waals surface area contributed by atoms with Crippen LogP contribution in [0.5, 0.6) is 11.5 Å². The molecule has 0 radical (unpaired) electrons. The van der Waals surface area contributed by atoms with Crippen LogP contribution in [-0.4, -0.2) is 13.2 Å². The highest BCUT2D eigenvalue weighted by Crippen LogP contribution is 2.40. The second-order valence-corrected chi connectivity index (χ2v) is 4.25. The molecule has 1 aliphatic heterocycles. The first-order valence-corrected chi connectivity index (χ1v) is 5.43. The fourth-order valence-electron chi connectivity index (χ4n) is 1.55. The van der Waals surface area contributed by atoms with E-state index in [9.17, 15) is 4.39 Å². The molecule has 2 N–H and O–H groups in total. The Morgan fingerprint density at radius 1 is 1.47 bits per heavy atom. The summed E-state index contributed by atoms with van der Waals surface area (Å²) in [5.41, 5.74) is 6.10. The monoisotopic (exact) mass is 275 g/mol. The molecule has 5 heteroatoms. The van der Waals surface area contributed by atoms with Crippen molar-refractivity contribution >= 4 is 15.9 Å². The SMILES string of the molecule is CC(N)c1c(Br)cc2c(c1F)OCCO2. The number of benzene rings is 1. The van der Waals surface area contributed by atoms with Gasteiger partial charge in [0.15, 0.2) is 17.3 Å². The molecule has 1 unspecified atom stereocenters. The van der Waals surface area contributed by atoms with Gasteiger partial charge in [0.25, 0.3) is 0 Å². The Labute approximate surface area is 95.5 Å². The Morgan fingerprint density at radius 2 is 2.13 bits per heavy atom. The minimum absolute atomic E-state index is 0.164. The summed E-state index contributed by atoms with van der Waals surface area (Å²) in [5, 5.41) is 0. The molecular weight excluding hydrogens is 265 g/mol. The van der Waals surface area contributed by atoms with Gasteiger partial charge in [-0.2, -0.15) is 0 Å². The second kappa shape index (κ2) is 3.98. The third-order valence-electron chi connectivity index (χ3n) is 2.22. The molecule has 1 aromatic carbocycles. The van der Waals surface area contributed by atoms with Crippen LogP contribution in [0, 0.1) is 5.82 Å². The molecule has 15 heavy (non-hydrogen) atoms. The fourth-order valence-corrected chi connectivity index (χ4v) is 2.29. The molecule has 0 spiro atoms. The van der Waals surface area contributed by atoms with Crippen molar-refractivity contribution in [2.45, 2.75) is 13.0 Å². The zero-order chi connectivity index (χ0) is 11.0. The summed E-state index contributed by atoms with van der Waals surface area (Å²) in [5.74, 6) is 0.154. The van der Waals surface area contributed by atoms with E-state index in [0.717, 1.165) is 0 Å². The molecule has 0 fully saturated rings. The van der Waals surface area contributed by atoms with Crippen LogP contribution < -0.4 is 15.2 Å². The van der Waals surface area contributed by atoms with Crippen molar-refractivity contribution < 1.29 is 13.9 Å². The minimum atomic E-state index is -0.436. The Kier molecular flexibility index (Phi) is 2.84. The molecule has 0 amide bonds. The van der Waals surface area contributed by atoms with Crippen molar-refractivity contribution in [3.05, 3.63) is 21.9 Å². The van der Waals surface area contributed by atoms with Gasteiger partial charge in [0, 0.05) is 16.1 Å². The van der Waals surface area contributed by atoms with Crippen molar-refractivity contribution in [1.29, 1.82) is 0 Å². The maximum absolute atomic E-state index is 14.0. The Morgan fingerprint density at radius 3 is 2.80 bits per heavy atom. The van der Waals surface area contributed by atoms with Gasteiger partial charge in [0.2, 0.25) is 0 Å². The molecule has 2 rings (SSSR count). The average Bonchev–Trinajstić information content (AvgIpc) is 2.17. The van der Waals surface area contributed by atoms with E-state index in [4.69, 9.17) is 15.2 Å². The van der Waals surface area contributed by atoms with E-state index in [1.54, 1.807) is 13.0 Å². The van der Waals surface area contributed by atoms with Gasteiger partial charge in [0.1, 0.15) is 13.2 Å². The van der Waals surface area contributed by atoms with Crippen LogP contribution in [0.25, 0.3) is 0 Å². The number of hydrogen-bond donors (Lipinski definition) is 1. The highest BCUT2D eigenvalue weighted by molar-refractivity contribution is 9.10.